The van der Waals surface area contributed by atoms with Gasteiger partial charge in [0, 0.05) is 6.54 Å². The number of nitrogens with one attached hydrogen (secondary N) is 1. The van der Waals surface area contributed by atoms with Crippen LogP contribution in [-0.4, -0.2) is 21.1 Å². The number of carbonyl (C=O) groups excluding carboxylic acids is 1. The van der Waals surface area contributed by atoms with Gasteiger partial charge in [-0.3, -0.25) is 9.36 Å². The Labute approximate surface area is 99.5 Å². The van der Waals surface area contributed by atoms with E-state index in [1.165, 1.54) is 23.1 Å². The Hall–Kier alpha value is -1.34. The molecule has 0 unspecified atom stereocenters. The van der Waals surface area contributed by atoms with E-state index in [1.54, 1.807) is 10.6 Å². The summed E-state index contributed by atoms with van der Waals surface area (Å²) in [4.78, 5) is 22.5. The highest BCUT2D eigenvalue weighted by molar-refractivity contribution is 8.01. The molecule has 0 spiro atoms. The number of rotatable bonds is 4. The Morgan fingerprint density at radius 3 is 3.06 bits per heavy atom. The van der Waals surface area contributed by atoms with Crippen molar-refractivity contribution >= 4 is 29.4 Å². The van der Waals surface area contributed by atoms with E-state index in [0.717, 1.165) is 10.5 Å². The number of H-pyrrole nitrogens is 1. The molecule has 0 bridgehead atoms. The second-order valence-electron chi connectivity index (χ2n) is 2.93. The lowest BCUT2D eigenvalue weighted by Gasteiger charge is -1.98. The summed E-state index contributed by atoms with van der Waals surface area (Å²) >= 11 is 2.76. The molecule has 0 fully saturated rings. The number of hydrogen-bond donors (Lipinski definition) is 1. The van der Waals surface area contributed by atoms with E-state index < -0.39 is 0 Å². The van der Waals surface area contributed by atoms with Gasteiger partial charge in [0.2, 0.25) is 0 Å². The first-order valence-electron chi connectivity index (χ1n) is 4.62. The number of nitrogens with zero attached hydrogens (tertiary/aromatic N) is 2. The van der Waals surface area contributed by atoms with Gasteiger partial charge < -0.3 is 0 Å². The maximum absolute atomic E-state index is 11.3. The van der Waals surface area contributed by atoms with Gasteiger partial charge >= 0.3 is 5.69 Å². The Morgan fingerprint density at radius 2 is 2.44 bits per heavy atom. The van der Waals surface area contributed by atoms with Gasteiger partial charge in [-0.15, -0.1) is 16.4 Å². The zero-order valence-corrected chi connectivity index (χ0v) is 10.1. The summed E-state index contributed by atoms with van der Waals surface area (Å²) in [6.07, 6.45) is 0.812. The van der Waals surface area contributed by atoms with Crippen LogP contribution < -0.4 is 5.69 Å². The average Bonchev–Trinajstić information content (AvgIpc) is 2.86. The molecular formula is C9H9N3O2S2. The lowest BCUT2D eigenvalue weighted by atomic mass is 10.5. The van der Waals surface area contributed by atoms with Crippen LogP contribution in [0.5, 0.6) is 0 Å². The van der Waals surface area contributed by atoms with Crippen molar-refractivity contribution in [2.75, 3.05) is 0 Å². The fraction of sp³-hybridized carbons (Fsp3) is 0.222. The monoisotopic (exact) mass is 255 g/mol. The van der Waals surface area contributed by atoms with Crippen LogP contribution in [0.1, 0.15) is 16.6 Å². The molecule has 0 amide bonds. The standard InChI is InChI=1S/C9H9N3O2S2/c1-2-12-8(14)10-11-9(12)16-7-4-3-6(5-13)15-7/h3-5H,2H2,1H3,(H,10,14). The van der Waals surface area contributed by atoms with Gasteiger partial charge in [0.05, 0.1) is 9.09 Å². The van der Waals surface area contributed by atoms with Crippen LogP contribution in [-0.2, 0) is 6.54 Å². The van der Waals surface area contributed by atoms with Gasteiger partial charge in [0.1, 0.15) is 0 Å². The fourth-order valence-corrected chi connectivity index (χ4v) is 3.16. The predicted molar refractivity (Wildman–Crippen MR) is 62.4 cm³/mol. The Balaban J connectivity index is 2.26. The number of thiophene rings is 1. The summed E-state index contributed by atoms with van der Waals surface area (Å²) in [6.45, 7) is 2.45. The van der Waals surface area contributed by atoms with E-state index >= 15 is 0 Å². The van der Waals surface area contributed by atoms with Crippen molar-refractivity contribution in [2.24, 2.45) is 0 Å². The first-order chi connectivity index (χ1) is 7.74. The zero-order valence-electron chi connectivity index (χ0n) is 8.47. The van der Waals surface area contributed by atoms with Crippen molar-refractivity contribution in [2.45, 2.75) is 22.8 Å². The highest BCUT2D eigenvalue weighted by Crippen LogP contribution is 2.30. The van der Waals surface area contributed by atoms with Crippen molar-refractivity contribution in [3.05, 3.63) is 27.5 Å². The molecule has 0 aromatic carbocycles. The molecule has 7 heteroatoms. The van der Waals surface area contributed by atoms with E-state index in [0.29, 0.717) is 16.6 Å². The van der Waals surface area contributed by atoms with Gasteiger partial charge in [0.25, 0.3) is 0 Å². The Bertz CT molecular complexity index is 555. The third kappa shape index (κ3) is 2.10. The molecule has 2 heterocycles. The Morgan fingerprint density at radius 1 is 1.62 bits per heavy atom. The van der Waals surface area contributed by atoms with Crippen LogP contribution >= 0.6 is 23.1 Å². The number of carbonyl (C=O) groups is 1. The normalized spacial score (nSPS) is 10.6. The molecule has 0 atom stereocenters. The van der Waals surface area contributed by atoms with E-state index in [1.807, 2.05) is 13.0 Å². The highest BCUT2D eigenvalue weighted by atomic mass is 32.2. The third-order valence-electron chi connectivity index (χ3n) is 1.95. The van der Waals surface area contributed by atoms with Crippen molar-refractivity contribution in [1.29, 1.82) is 0 Å². The number of aromatic amines is 1. The Kier molecular flexibility index (Phi) is 3.25. The molecule has 5 nitrogen and oxygen atoms in total. The van der Waals surface area contributed by atoms with Gasteiger partial charge in [-0.05, 0) is 30.8 Å². The molecule has 0 aliphatic carbocycles. The lowest BCUT2D eigenvalue weighted by Crippen LogP contribution is -2.15. The lowest BCUT2D eigenvalue weighted by molar-refractivity contribution is 0.112. The van der Waals surface area contributed by atoms with Gasteiger partial charge in [0.15, 0.2) is 11.4 Å². The number of hydrogen-bond acceptors (Lipinski definition) is 5. The SMILES string of the molecule is CCn1c(Sc2ccc(C=O)s2)n[nH]c1=O. The van der Waals surface area contributed by atoms with Crippen molar-refractivity contribution in [3.8, 4) is 0 Å². The summed E-state index contributed by atoms with van der Waals surface area (Å²) in [5.41, 5.74) is -0.211. The van der Waals surface area contributed by atoms with Crippen LogP contribution in [0.3, 0.4) is 0 Å². The first kappa shape index (κ1) is 11.2. The first-order valence-corrected chi connectivity index (χ1v) is 6.26. The van der Waals surface area contributed by atoms with Crippen LogP contribution in [0.4, 0.5) is 0 Å². The van der Waals surface area contributed by atoms with Crippen molar-refractivity contribution < 1.29 is 4.79 Å². The number of aromatic nitrogens is 3. The van der Waals surface area contributed by atoms with Crippen molar-refractivity contribution in [1.82, 2.24) is 14.8 Å². The van der Waals surface area contributed by atoms with Crippen LogP contribution in [0.15, 0.2) is 26.3 Å². The molecule has 0 saturated heterocycles. The van der Waals surface area contributed by atoms with Gasteiger partial charge in [-0.2, -0.15) is 0 Å². The third-order valence-corrected chi connectivity index (χ3v) is 4.09. The molecule has 0 radical (unpaired) electrons. The van der Waals surface area contributed by atoms with Gasteiger partial charge in [-0.25, -0.2) is 9.89 Å². The van der Waals surface area contributed by atoms with Crippen LogP contribution in [0.2, 0.25) is 0 Å². The topological polar surface area (TPSA) is 67.8 Å². The second-order valence-corrected chi connectivity index (χ2v) is 5.32. The van der Waals surface area contributed by atoms with E-state index in [2.05, 4.69) is 10.2 Å². The molecule has 0 saturated carbocycles. The maximum atomic E-state index is 11.3. The summed E-state index contributed by atoms with van der Waals surface area (Å²) in [7, 11) is 0. The summed E-state index contributed by atoms with van der Waals surface area (Å²) < 4.78 is 2.49. The van der Waals surface area contributed by atoms with E-state index in [4.69, 9.17) is 0 Å². The molecule has 1 N–H and O–H groups in total. The van der Waals surface area contributed by atoms with E-state index in [9.17, 15) is 9.59 Å². The van der Waals surface area contributed by atoms with Crippen LogP contribution in [0, 0.1) is 0 Å². The molecule has 0 aliphatic rings. The smallest absolute Gasteiger partial charge is 0.297 e. The molecule has 2 rings (SSSR count). The number of aldehydes is 1. The van der Waals surface area contributed by atoms with Gasteiger partial charge in [-0.1, -0.05) is 0 Å². The molecule has 16 heavy (non-hydrogen) atoms. The molecular weight excluding hydrogens is 246 g/mol. The molecule has 2 aromatic rings. The quantitative estimate of drug-likeness (QED) is 0.843. The highest BCUT2D eigenvalue weighted by Gasteiger charge is 2.09. The minimum absolute atomic E-state index is 0.211. The van der Waals surface area contributed by atoms with E-state index in [-0.39, 0.29) is 5.69 Å². The second kappa shape index (κ2) is 4.67. The summed E-state index contributed by atoms with van der Waals surface area (Å²) in [5.74, 6) is 0. The summed E-state index contributed by atoms with van der Waals surface area (Å²) in [5, 5.41) is 6.94. The fourth-order valence-electron chi connectivity index (χ4n) is 1.20. The molecule has 2 aromatic heterocycles. The molecule has 0 aliphatic heterocycles. The average molecular weight is 255 g/mol. The van der Waals surface area contributed by atoms with Crippen molar-refractivity contribution in [3.63, 3.8) is 0 Å². The minimum Gasteiger partial charge on any atom is -0.297 e. The zero-order chi connectivity index (χ0) is 11.5. The predicted octanol–water partition coefficient (Wildman–Crippen LogP) is 1.62. The molecule has 84 valence electrons. The maximum Gasteiger partial charge on any atom is 0.343 e. The summed E-state index contributed by atoms with van der Waals surface area (Å²) in [6, 6.07) is 3.60. The van der Waals surface area contributed by atoms with Crippen LogP contribution in [0.25, 0.3) is 0 Å². The minimum atomic E-state index is -0.211. The largest absolute Gasteiger partial charge is 0.343 e.